The van der Waals surface area contributed by atoms with Gasteiger partial charge in [-0.1, -0.05) is 17.7 Å². The highest BCUT2D eigenvalue weighted by molar-refractivity contribution is 6.13. The molecule has 0 radical (unpaired) electrons. The largest absolute Gasteiger partial charge is 0.443 e. The fraction of sp³-hybridized carbons (Fsp3) is 0.429. The molecule has 0 aliphatic heterocycles. The van der Waals surface area contributed by atoms with Crippen LogP contribution in [0.2, 0.25) is 0 Å². The van der Waals surface area contributed by atoms with Gasteiger partial charge < -0.3 is 10.5 Å². The molecule has 0 aromatic heterocycles. The maximum Gasteiger partial charge on any atom is 0.421 e. The molecule has 104 valence electrons. The van der Waals surface area contributed by atoms with Crippen LogP contribution in [0.15, 0.2) is 24.3 Å². The van der Waals surface area contributed by atoms with E-state index < -0.39 is 17.6 Å². The van der Waals surface area contributed by atoms with Gasteiger partial charge in [0, 0.05) is 0 Å². The van der Waals surface area contributed by atoms with Crippen molar-refractivity contribution < 1.29 is 14.3 Å². The van der Waals surface area contributed by atoms with Crippen LogP contribution in [0.3, 0.4) is 0 Å². The van der Waals surface area contributed by atoms with Gasteiger partial charge in [0.05, 0.1) is 12.2 Å². The lowest BCUT2D eigenvalue weighted by Gasteiger charge is -2.26. The molecule has 5 heteroatoms. The highest BCUT2D eigenvalue weighted by atomic mass is 16.6. The average Bonchev–Trinajstić information content (AvgIpc) is 2.29. The topological polar surface area (TPSA) is 72.6 Å². The van der Waals surface area contributed by atoms with Gasteiger partial charge in [0.1, 0.15) is 5.60 Å². The summed E-state index contributed by atoms with van der Waals surface area (Å²) < 4.78 is 5.22. The van der Waals surface area contributed by atoms with Gasteiger partial charge in [-0.3, -0.25) is 4.79 Å². The molecule has 19 heavy (non-hydrogen) atoms. The predicted molar refractivity (Wildman–Crippen MR) is 74.0 cm³/mol. The third kappa shape index (κ3) is 4.37. The number of hydrogen-bond acceptors (Lipinski definition) is 4. The fourth-order valence-corrected chi connectivity index (χ4v) is 1.44. The number of carbonyl (C=O) groups is 2. The second kappa shape index (κ2) is 5.84. The third-order valence-corrected chi connectivity index (χ3v) is 2.29. The Bertz CT molecular complexity index is 461. The molecule has 0 aliphatic rings. The molecule has 0 heterocycles. The summed E-state index contributed by atoms with van der Waals surface area (Å²) >= 11 is 0. The van der Waals surface area contributed by atoms with Crippen molar-refractivity contribution in [3.05, 3.63) is 29.8 Å². The Balaban J connectivity index is 3.05. The number of nitrogens with two attached hydrogens (primary N) is 1. The highest BCUT2D eigenvalue weighted by Crippen LogP contribution is 2.19. The number of aryl methyl sites for hydroxylation is 1. The van der Waals surface area contributed by atoms with Crippen LogP contribution in [0.1, 0.15) is 26.3 Å². The summed E-state index contributed by atoms with van der Waals surface area (Å²) in [6.45, 7) is 6.89. The van der Waals surface area contributed by atoms with E-state index >= 15 is 0 Å². The van der Waals surface area contributed by atoms with Gasteiger partial charge >= 0.3 is 6.09 Å². The Morgan fingerprint density at radius 1 is 1.21 bits per heavy atom. The van der Waals surface area contributed by atoms with Crippen molar-refractivity contribution in [3.8, 4) is 0 Å². The van der Waals surface area contributed by atoms with Crippen LogP contribution in [0, 0.1) is 6.92 Å². The number of ether oxygens (including phenoxy) is 1. The van der Waals surface area contributed by atoms with Crippen molar-refractivity contribution >= 4 is 17.7 Å². The molecule has 0 atom stereocenters. The van der Waals surface area contributed by atoms with Crippen LogP contribution < -0.4 is 10.6 Å². The minimum Gasteiger partial charge on any atom is -0.443 e. The van der Waals surface area contributed by atoms with E-state index in [1.165, 1.54) is 0 Å². The zero-order valence-electron chi connectivity index (χ0n) is 11.8. The first-order valence-corrected chi connectivity index (χ1v) is 6.07. The number of anilines is 1. The second-order valence-corrected chi connectivity index (χ2v) is 5.25. The molecule has 2 N–H and O–H groups in total. The van der Waals surface area contributed by atoms with E-state index in [0.29, 0.717) is 5.69 Å². The van der Waals surface area contributed by atoms with E-state index in [2.05, 4.69) is 0 Å². The lowest BCUT2D eigenvalue weighted by atomic mass is 10.2. The number of imide groups is 1. The molecule has 0 unspecified atom stereocenters. The molecule has 0 saturated carbocycles. The van der Waals surface area contributed by atoms with Crippen molar-refractivity contribution in [1.29, 1.82) is 0 Å². The summed E-state index contributed by atoms with van der Waals surface area (Å²) in [4.78, 5) is 24.9. The number of nitrogens with zero attached hydrogens (tertiary/aromatic N) is 1. The zero-order chi connectivity index (χ0) is 14.6. The molecule has 2 amide bonds. The standard InChI is InChI=1S/C14H20N2O3/c1-10-5-7-11(8-6-10)16(12(17)9-15)13(18)19-14(2,3)4/h5-8H,9,15H2,1-4H3. The summed E-state index contributed by atoms with van der Waals surface area (Å²) in [5.41, 5.74) is 6.16. The molecule has 1 aromatic carbocycles. The molecule has 0 spiro atoms. The highest BCUT2D eigenvalue weighted by Gasteiger charge is 2.27. The lowest BCUT2D eigenvalue weighted by molar-refractivity contribution is -0.117. The molecule has 0 bridgehead atoms. The monoisotopic (exact) mass is 264 g/mol. The number of hydrogen-bond donors (Lipinski definition) is 1. The van der Waals surface area contributed by atoms with Crippen LogP contribution >= 0.6 is 0 Å². The molecular formula is C14H20N2O3. The Morgan fingerprint density at radius 2 is 1.74 bits per heavy atom. The molecule has 0 fully saturated rings. The minimum absolute atomic E-state index is 0.257. The van der Waals surface area contributed by atoms with E-state index in [1.54, 1.807) is 32.9 Å². The van der Waals surface area contributed by atoms with Gasteiger partial charge in [-0.2, -0.15) is 0 Å². The first-order chi connectivity index (χ1) is 8.74. The van der Waals surface area contributed by atoms with Crippen molar-refractivity contribution in [3.63, 3.8) is 0 Å². The third-order valence-electron chi connectivity index (χ3n) is 2.29. The van der Waals surface area contributed by atoms with Gasteiger partial charge in [-0.05, 0) is 39.8 Å². The SMILES string of the molecule is Cc1ccc(N(C(=O)CN)C(=O)OC(C)(C)C)cc1. The molecular weight excluding hydrogens is 244 g/mol. The number of rotatable bonds is 2. The van der Waals surface area contributed by atoms with Crippen molar-refractivity contribution in [2.24, 2.45) is 5.73 Å². The van der Waals surface area contributed by atoms with Gasteiger partial charge in [-0.25, -0.2) is 9.69 Å². The maximum absolute atomic E-state index is 12.1. The Labute approximate surface area is 113 Å². The molecule has 0 aliphatic carbocycles. The van der Waals surface area contributed by atoms with Crippen LogP contribution in [0.25, 0.3) is 0 Å². The molecule has 5 nitrogen and oxygen atoms in total. The summed E-state index contributed by atoms with van der Waals surface area (Å²) in [6, 6.07) is 7.01. The van der Waals surface area contributed by atoms with E-state index in [0.717, 1.165) is 10.5 Å². The predicted octanol–water partition coefficient (Wildman–Crippen LogP) is 2.22. The van der Waals surface area contributed by atoms with Crippen molar-refractivity contribution in [1.82, 2.24) is 0 Å². The first-order valence-electron chi connectivity index (χ1n) is 6.07. The minimum atomic E-state index is -0.716. The van der Waals surface area contributed by atoms with E-state index in [4.69, 9.17) is 10.5 Å². The molecule has 0 saturated heterocycles. The normalized spacial score (nSPS) is 11.0. The summed E-state index contributed by atoms with van der Waals surface area (Å²) in [5.74, 6) is -0.502. The van der Waals surface area contributed by atoms with E-state index in [9.17, 15) is 9.59 Å². The second-order valence-electron chi connectivity index (χ2n) is 5.25. The molecule has 1 rings (SSSR count). The van der Waals surface area contributed by atoms with Gasteiger partial charge in [0.25, 0.3) is 0 Å². The number of amides is 2. The van der Waals surface area contributed by atoms with Gasteiger partial charge in [-0.15, -0.1) is 0 Å². The Hall–Kier alpha value is -1.88. The molecule has 1 aromatic rings. The lowest BCUT2D eigenvalue weighted by Crippen LogP contribution is -2.43. The average molecular weight is 264 g/mol. The maximum atomic E-state index is 12.1. The number of carbonyl (C=O) groups excluding carboxylic acids is 2. The van der Waals surface area contributed by atoms with E-state index in [1.807, 2.05) is 19.1 Å². The van der Waals surface area contributed by atoms with Crippen LogP contribution in [0.4, 0.5) is 10.5 Å². The van der Waals surface area contributed by atoms with Crippen LogP contribution in [0.5, 0.6) is 0 Å². The van der Waals surface area contributed by atoms with Crippen molar-refractivity contribution in [2.75, 3.05) is 11.4 Å². The Kier molecular flexibility index (Phi) is 4.67. The summed E-state index contributed by atoms with van der Waals surface area (Å²) in [5, 5.41) is 0. The van der Waals surface area contributed by atoms with Gasteiger partial charge in [0.2, 0.25) is 5.91 Å². The summed E-state index contributed by atoms with van der Waals surface area (Å²) in [7, 11) is 0. The van der Waals surface area contributed by atoms with Crippen molar-refractivity contribution in [2.45, 2.75) is 33.3 Å². The van der Waals surface area contributed by atoms with E-state index in [-0.39, 0.29) is 6.54 Å². The number of benzene rings is 1. The van der Waals surface area contributed by atoms with Crippen LogP contribution in [-0.4, -0.2) is 24.1 Å². The fourth-order valence-electron chi connectivity index (χ4n) is 1.44. The van der Waals surface area contributed by atoms with Crippen LogP contribution in [-0.2, 0) is 9.53 Å². The Morgan fingerprint density at radius 3 is 2.16 bits per heavy atom. The first kappa shape index (κ1) is 15.2. The zero-order valence-corrected chi connectivity index (χ0v) is 11.8. The smallest absolute Gasteiger partial charge is 0.421 e. The summed E-state index contributed by atoms with van der Waals surface area (Å²) in [6.07, 6.45) is -0.716. The quantitative estimate of drug-likeness (QED) is 0.889. The van der Waals surface area contributed by atoms with Gasteiger partial charge in [0.15, 0.2) is 0 Å².